The number of carboxylic acid groups (broad SMARTS) is 1. The summed E-state index contributed by atoms with van der Waals surface area (Å²) >= 11 is 0. The molecular weight excluding hydrogens is 270 g/mol. The van der Waals surface area contributed by atoms with Crippen LogP contribution in [0.4, 0.5) is 0 Å². The molecule has 1 aliphatic heterocycles. The van der Waals surface area contributed by atoms with E-state index in [4.69, 9.17) is 4.74 Å². The zero-order valence-electron chi connectivity index (χ0n) is 12.5. The zero-order chi connectivity index (χ0) is 15.0. The molecule has 2 bridgehead atoms. The molecule has 0 aromatic heterocycles. The molecule has 4 rings (SSSR count). The normalized spacial score (nSPS) is 40.0. The van der Waals surface area contributed by atoms with Crippen LogP contribution in [0.1, 0.15) is 45.4 Å². The fourth-order valence-electron chi connectivity index (χ4n) is 4.58. The topological polar surface area (TPSA) is 78.5 Å². The Labute approximate surface area is 125 Å². The second kappa shape index (κ2) is 5.95. The molecule has 4 fully saturated rings. The van der Waals surface area contributed by atoms with Gasteiger partial charge in [0.05, 0.1) is 12.1 Å². The Morgan fingerprint density at radius 3 is 2.24 bits per heavy atom. The van der Waals surface area contributed by atoms with Gasteiger partial charge in [0.15, 0.2) is 0 Å². The van der Waals surface area contributed by atoms with Crippen LogP contribution in [-0.2, 0) is 14.3 Å². The van der Waals surface area contributed by atoms with Crippen molar-refractivity contribution in [2.75, 3.05) is 6.61 Å². The second-order valence-corrected chi connectivity index (χ2v) is 6.89. The van der Waals surface area contributed by atoms with Gasteiger partial charge in [0, 0.05) is 24.4 Å². The van der Waals surface area contributed by atoms with Crippen molar-refractivity contribution in [2.45, 2.75) is 57.6 Å². The number of hydrogen-bond donors (Lipinski definition) is 1. The van der Waals surface area contributed by atoms with Crippen LogP contribution in [0.3, 0.4) is 0 Å². The van der Waals surface area contributed by atoms with Crippen molar-refractivity contribution in [1.82, 2.24) is 5.32 Å². The van der Waals surface area contributed by atoms with Crippen LogP contribution < -0.4 is 10.4 Å². The van der Waals surface area contributed by atoms with E-state index in [1.165, 1.54) is 0 Å². The maximum absolute atomic E-state index is 12.6. The molecule has 4 aliphatic rings. The largest absolute Gasteiger partial charge is 0.550 e. The molecule has 0 aromatic rings. The summed E-state index contributed by atoms with van der Waals surface area (Å²) in [5.74, 6) is -1.85. The SMILES string of the molecule is C[C@H](NC(=O)[C@@H]1C2CCC(CC2)[C@@H]1C(=O)[O-])[C@H]1CCCO1. The summed E-state index contributed by atoms with van der Waals surface area (Å²) in [7, 11) is 0. The van der Waals surface area contributed by atoms with Gasteiger partial charge in [-0.05, 0) is 57.3 Å². The van der Waals surface area contributed by atoms with Crippen molar-refractivity contribution in [1.29, 1.82) is 0 Å². The number of fused-ring (bicyclic) bond motifs is 3. The van der Waals surface area contributed by atoms with Crippen molar-refractivity contribution in [3.05, 3.63) is 0 Å². The first-order valence-electron chi connectivity index (χ1n) is 8.20. The number of aliphatic carboxylic acids is 1. The Kier molecular flexibility index (Phi) is 4.20. The van der Waals surface area contributed by atoms with E-state index in [0.29, 0.717) is 0 Å². The molecule has 4 atom stereocenters. The van der Waals surface area contributed by atoms with Crippen molar-refractivity contribution in [3.8, 4) is 0 Å². The first kappa shape index (κ1) is 14.8. The third-order valence-corrected chi connectivity index (χ3v) is 5.69. The molecule has 3 aliphatic carbocycles. The minimum absolute atomic E-state index is 0.0529. The number of hydrogen-bond acceptors (Lipinski definition) is 4. The monoisotopic (exact) mass is 294 g/mol. The first-order chi connectivity index (χ1) is 10.1. The van der Waals surface area contributed by atoms with Gasteiger partial charge in [0.25, 0.3) is 0 Å². The van der Waals surface area contributed by atoms with E-state index < -0.39 is 17.8 Å². The molecule has 21 heavy (non-hydrogen) atoms. The quantitative estimate of drug-likeness (QED) is 0.817. The molecule has 3 saturated carbocycles. The first-order valence-corrected chi connectivity index (χ1v) is 8.20. The van der Waals surface area contributed by atoms with Crippen LogP contribution in [0.25, 0.3) is 0 Å². The highest BCUT2D eigenvalue weighted by molar-refractivity contribution is 5.85. The highest BCUT2D eigenvalue weighted by Crippen LogP contribution is 2.48. The molecule has 5 heteroatoms. The van der Waals surface area contributed by atoms with Crippen LogP contribution in [0.2, 0.25) is 0 Å². The number of amides is 1. The van der Waals surface area contributed by atoms with Gasteiger partial charge in [0.2, 0.25) is 5.91 Å². The Morgan fingerprint density at radius 1 is 1.10 bits per heavy atom. The Balaban J connectivity index is 1.68. The highest BCUT2D eigenvalue weighted by Gasteiger charge is 2.47. The molecule has 1 N–H and O–H groups in total. The summed E-state index contributed by atoms with van der Waals surface area (Å²) in [6.45, 7) is 2.70. The van der Waals surface area contributed by atoms with Crippen LogP contribution >= 0.6 is 0 Å². The van der Waals surface area contributed by atoms with Gasteiger partial charge in [-0.15, -0.1) is 0 Å². The summed E-state index contributed by atoms with van der Waals surface area (Å²) in [4.78, 5) is 24.1. The van der Waals surface area contributed by atoms with E-state index in [1.807, 2.05) is 6.92 Å². The molecule has 0 aromatic carbocycles. The Bertz CT molecular complexity index is 411. The smallest absolute Gasteiger partial charge is 0.224 e. The number of rotatable bonds is 4. The van der Waals surface area contributed by atoms with Gasteiger partial charge in [-0.1, -0.05) is 0 Å². The number of carbonyl (C=O) groups excluding carboxylic acids is 2. The minimum atomic E-state index is -1.05. The van der Waals surface area contributed by atoms with E-state index in [1.54, 1.807) is 0 Å². The molecular formula is C16H24NO4-. The van der Waals surface area contributed by atoms with E-state index in [9.17, 15) is 14.7 Å². The summed E-state index contributed by atoms with van der Waals surface area (Å²) in [6, 6.07) is -0.0529. The lowest BCUT2D eigenvalue weighted by molar-refractivity contribution is -0.318. The molecule has 1 amide bonds. The van der Waals surface area contributed by atoms with Crippen molar-refractivity contribution >= 4 is 11.9 Å². The minimum Gasteiger partial charge on any atom is -0.550 e. The third-order valence-electron chi connectivity index (χ3n) is 5.69. The fourth-order valence-corrected chi connectivity index (χ4v) is 4.58. The number of carboxylic acids is 1. The maximum atomic E-state index is 12.6. The lowest BCUT2D eigenvalue weighted by Crippen LogP contribution is -2.56. The van der Waals surface area contributed by atoms with Gasteiger partial charge < -0.3 is 20.0 Å². The van der Waals surface area contributed by atoms with Crippen LogP contribution in [0.15, 0.2) is 0 Å². The van der Waals surface area contributed by atoms with E-state index in [2.05, 4.69) is 5.32 Å². The lowest BCUT2D eigenvalue weighted by Gasteiger charge is -2.48. The summed E-state index contributed by atoms with van der Waals surface area (Å²) in [6.07, 6.45) is 5.85. The molecule has 0 radical (unpaired) electrons. The van der Waals surface area contributed by atoms with E-state index in [-0.39, 0.29) is 29.9 Å². The number of nitrogens with one attached hydrogen (secondary N) is 1. The van der Waals surface area contributed by atoms with E-state index in [0.717, 1.165) is 45.1 Å². The molecule has 1 heterocycles. The average Bonchev–Trinajstić information content (AvgIpc) is 3.01. The summed E-state index contributed by atoms with van der Waals surface area (Å²) in [5.41, 5.74) is 0. The van der Waals surface area contributed by atoms with Gasteiger partial charge in [0.1, 0.15) is 0 Å². The Hall–Kier alpha value is -1.10. The molecule has 0 unspecified atom stereocenters. The predicted molar refractivity (Wildman–Crippen MR) is 74.0 cm³/mol. The predicted octanol–water partition coefficient (Wildman–Crippen LogP) is 0.472. The highest BCUT2D eigenvalue weighted by atomic mass is 16.5. The van der Waals surface area contributed by atoms with Gasteiger partial charge in [-0.25, -0.2) is 0 Å². The number of ether oxygens (including phenoxy) is 1. The zero-order valence-corrected chi connectivity index (χ0v) is 12.5. The number of carbonyl (C=O) groups is 2. The van der Waals surface area contributed by atoms with Gasteiger partial charge in [-0.3, -0.25) is 4.79 Å². The fraction of sp³-hybridized carbons (Fsp3) is 0.875. The molecule has 118 valence electrons. The van der Waals surface area contributed by atoms with Crippen molar-refractivity contribution < 1.29 is 19.4 Å². The van der Waals surface area contributed by atoms with Crippen LogP contribution in [0.5, 0.6) is 0 Å². The molecule has 1 saturated heterocycles. The second-order valence-electron chi connectivity index (χ2n) is 6.89. The van der Waals surface area contributed by atoms with Crippen LogP contribution in [0, 0.1) is 23.7 Å². The van der Waals surface area contributed by atoms with E-state index >= 15 is 0 Å². The summed E-state index contributed by atoms with van der Waals surface area (Å²) < 4.78 is 5.60. The average molecular weight is 294 g/mol. The van der Waals surface area contributed by atoms with Gasteiger partial charge in [-0.2, -0.15) is 0 Å². The van der Waals surface area contributed by atoms with Gasteiger partial charge >= 0.3 is 0 Å². The van der Waals surface area contributed by atoms with Crippen LogP contribution in [-0.4, -0.2) is 30.6 Å². The van der Waals surface area contributed by atoms with Crippen molar-refractivity contribution in [3.63, 3.8) is 0 Å². The lowest BCUT2D eigenvalue weighted by atomic mass is 9.58. The standard InChI is InChI=1S/C16H25NO4/c1-9(12-3-2-8-21-12)17-15(18)13-10-4-6-11(7-5-10)14(13)16(19)20/h9-14H,2-8H2,1H3,(H,17,18)(H,19,20)/p-1/t9-,10?,11?,12+,13+,14-/m0/s1. The third kappa shape index (κ3) is 2.80. The molecule has 0 spiro atoms. The Morgan fingerprint density at radius 2 is 1.71 bits per heavy atom. The van der Waals surface area contributed by atoms with Crippen molar-refractivity contribution in [2.24, 2.45) is 23.7 Å². The maximum Gasteiger partial charge on any atom is 0.224 e. The molecule has 5 nitrogen and oxygen atoms in total. The summed E-state index contributed by atoms with van der Waals surface area (Å²) in [5, 5.41) is 14.5.